The van der Waals surface area contributed by atoms with Crippen LogP contribution in [0.5, 0.6) is 0 Å². The largest absolute Gasteiger partial charge is 0.352 e. The summed E-state index contributed by atoms with van der Waals surface area (Å²) in [6, 6.07) is 1.69. The zero-order chi connectivity index (χ0) is 11.5. The molecule has 0 aromatic carbocycles. The first kappa shape index (κ1) is 12.0. The summed E-state index contributed by atoms with van der Waals surface area (Å²) in [6.45, 7) is 1.66. The standard InChI is InChI=1S/C9H14N2O3S/c1-7(5-10)4-9(12)11-8-2-3-15(13,14)6-8/h7-8H,2-4,6H2,1H3,(H,11,12). The number of nitrogens with one attached hydrogen (secondary N) is 1. The SMILES string of the molecule is CC(C#N)CC(=O)NC1CCS(=O)(=O)C1. The lowest BCUT2D eigenvalue weighted by Gasteiger charge is -2.10. The van der Waals surface area contributed by atoms with Crippen LogP contribution in [-0.4, -0.2) is 31.9 Å². The number of sulfone groups is 1. The molecule has 1 aliphatic rings. The van der Waals surface area contributed by atoms with Crippen LogP contribution in [0.3, 0.4) is 0 Å². The minimum absolute atomic E-state index is 0.0275. The molecule has 1 heterocycles. The maximum atomic E-state index is 11.3. The molecule has 0 saturated carbocycles. The lowest BCUT2D eigenvalue weighted by atomic mass is 10.1. The van der Waals surface area contributed by atoms with Gasteiger partial charge in [-0.15, -0.1) is 0 Å². The van der Waals surface area contributed by atoms with Crippen molar-refractivity contribution in [1.82, 2.24) is 5.32 Å². The van der Waals surface area contributed by atoms with Crippen molar-refractivity contribution >= 4 is 15.7 Å². The van der Waals surface area contributed by atoms with Crippen LogP contribution >= 0.6 is 0 Å². The van der Waals surface area contributed by atoms with E-state index in [9.17, 15) is 13.2 Å². The molecule has 0 aromatic heterocycles. The van der Waals surface area contributed by atoms with Gasteiger partial charge < -0.3 is 5.32 Å². The fraction of sp³-hybridized carbons (Fsp3) is 0.778. The van der Waals surface area contributed by atoms with E-state index in [1.165, 1.54) is 0 Å². The third-order valence-corrected chi connectivity index (χ3v) is 4.08. The fourth-order valence-corrected chi connectivity index (χ4v) is 3.19. The summed E-state index contributed by atoms with van der Waals surface area (Å²) in [6.07, 6.45) is 0.613. The molecule has 0 aliphatic carbocycles. The van der Waals surface area contributed by atoms with Gasteiger partial charge in [0, 0.05) is 12.5 Å². The molecule has 0 spiro atoms. The van der Waals surface area contributed by atoms with Crippen molar-refractivity contribution in [3.05, 3.63) is 0 Å². The molecule has 0 radical (unpaired) electrons. The average Bonchev–Trinajstić information content (AvgIpc) is 2.44. The second-order valence-corrected chi connectivity index (χ2v) is 6.13. The van der Waals surface area contributed by atoms with Gasteiger partial charge >= 0.3 is 0 Å². The number of hydrogen-bond acceptors (Lipinski definition) is 4. The summed E-state index contributed by atoms with van der Waals surface area (Å²) >= 11 is 0. The van der Waals surface area contributed by atoms with Gasteiger partial charge in [-0.25, -0.2) is 8.42 Å². The molecule has 2 atom stereocenters. The van der Waals surface area contributed by atoms with Gasteiger partial charge in [-0.2, -0.15) is 5.26 Å². The van der Waals surface area contributed by atoms with Crippen LogP contribution in [0.2, 0.25) is 0 Å². The lowest BCUT2D eigenvalue weighted by Crippen LogP contribution is -2.36. The highest BCUT2D eigenvalue weighted by Crippen LogP contribution is 2.11. The lowest BCUT2D eigenvalue weighted by molar-refractivity contribution is -0.122. The Hall–Kier alpha value is -1.09. The monoisotopic (exact) mass is 230 g/mol. The Kier molecular flexibility index (Phi) is 3.69. The third-order valence-electron chi connectivity index (χ3n) is 2.31. The smallest absolute Gasteiger partial charge is 0.221 e. The Morgan fingerprint density at radius 1 is 1.67 bits per heavy atom. The Morgan fingerprint density at radius 3 is 2.80 bits per heavy atom. The van der Waals surface area contributed by atoms with Crippen molar-refractivity contribution in [2.45, 2.75) is 25.8 Å². The van der Waals surface area contributed by atoms with E-state index in [2.05, 4.69) is 5.32 Å². The first-order chi connectivity index (χ1) is 6.93. The maximum absolute atomic E-state index is 11.3. The number of amides is 1. The van der Waals surface area contributed by atoms with E-state index < -0.39 is 9.84 Å². The van der Waals surface area contributed by atoms with Gasteiger partial charge in [-0.3, -0.25) is 4.79 Å². The summed E-state index contributed by atoms with van der Waals surface area (Å²) in [5.74, 6) is -0.403. The summed E-state index contributed by atoms with van der Waals surface area (Å²) in [4.78, 5) is 11.3. The van der Waals surface area contributed by atoms with E-state index in [1.54, 1.807) is 6.92 Å². The highest BCUT2D eigenvalue weighted by atomic mass is 32.2. The molecule has 2 unspecified atom stereocenters. The van der Waals surface area contributed by atoms with Gasteiger partial charge in [0.15, 0.2) is 9.84 Å². The molecular formula is C9H14N2O3S. The number of rotatable bonds is 3. The highest BCUT2D eigenvalue weighted by molar-refractivity contribution is 7.91. The zero-order valence-corrected chi connectivity index (χ0v) is 9.38. The fourth-order valence-electron chi connectivity index (χ4n) is 1.52. The van der Waals surface area contributed by atoms with Gasteiger partial charge in [-0.05, 0) is 13.3 Å². The number of nitrogens with zero attached hydrogens (tertiary/aromatic N) is 1. The second kappa shape index (κ2) is 4.62. The third kappa shape index (κ3) is 3.88. The Labute approximate surface area is 89.4 Å². The van der Waals surface area contributed by atoms with Gasteiger partial charge in [0.05, 0.1) is 23.5 Å². The summed E-state index contributed by atoms with van der Waals surface area (Å²) < 4.78 is 22.2. The van der Waals surface area contributed by atoms with Crippen molar-refractivity contribution in [3.63, 3.8) is 0 Å². The van der Waals surface area contributed by atoms with Crippen molar-refractivity contribution in [2.75, 3.05) is 11.5 Å². The molecule has 1 rings (SSSR count). The molecule has 0 bridgehead atoms. The normalized spacial score (nSPS) is 25.5. The van der Waals surface area contributed by atoms with Crippen molar-refractivity contribution in [2.24, 2.45) is 5.92 Å². The van der Waals surface area contributed by atoms with Gasteiger partial charge in [0.2, 0.25) is 5.91 Å². The van der Waals surface area contributed by atoms with Gasteiger partial charge in [-0.1, -0.05) is 0 Å². The van der Waals surface area contributed by atoms with Gasteiger partial charge in [0.1, 0.15) is 0 Å². The summed E-state index contributed by atoms with van der Waals surface area (Å²) in [5, 5.41) is 11.1. The van der Waals surface area contributed by atoms with E-state index in [1.807, 2.05) is 6.07 Å². The minimum Gasteiger partial charge on any atom is -0.352 e. The number of hydrogen-bond donors (Lipinski definition) is 1. The molecule has 15 heavy (non-hydrogen) atoms. The van der Waals surface area contributed by atoms with Crippen LogP contribution in [0.15, 0.2) is 0 Å². The molecule has 6 heteroatoms. The van der Waals surface area contributed by atoms with Crippen LogP contribution in [0.1, 0.15) is 19.8 Å². The van der Waals surface area contributed by atoms with Crippen LogP contribution in [0.4, 0.5) is 0 Å². The number of nitriles is 1. The molecule has 1 amide bonds. The zero-order valence-electron chi connectivity index (χ0n) is 8.56. The van der Waals surface area contributed by atoms with E-state index in [-0.39, 0.29) is 35.8 Å². The Bertz CT molecular complexity index is 383. The predicted molar refractivity (Wildman–Crippen MR) is 54.6 cm³/mol. The van der Waals surface area contributed by atoms with E-state index in [4.69, 9.17) is 5.26 Å². The molecule has 84 valence electrons. The second-order valence-electron chi connectivity index (χ2n) is 3.90. The van der Waals surface area contributed by atoms with E-state index in [0.717, 1.165) is 0 Å². The maximum Gasteiger partial charge on any atom is 0.221 e. The summed E-state index contributed by atoms with van der Waals surface area (Å²) in [7, 11) is -2.95. The minimum atomic E-state index is -2.95. The van der Waals surface area contributed by atoms with Crippen LogP contribution in [0.25, 0.3) is 0 Å². The van der Waals surface area contributed by atoms with Crippen LogP contribution < -0.4 is 5.32 Å². The van der Waals surface area contributed by atoms with Crippen molar-refractivity contribution in [1.29, 1.82) is 5.26 Å². The first-order valence-corrected chi connectivity index (χ1v) is 6.64. The quantitative estimate of drug-likeness (QED) is 0.729. The first-order valence-electron chi connectivity index (χ1n) is 4.82. The van der Waals surface area contributed by atoms with Gasteiger partial charge in [0.25, 0.3) is 0 Å². The number of carbonyl (C=O) groups excluding carboxylic acids is 1. The number of carbonyl (C=O) groups is 1. The van der Waals surface area contributed by atoms with Crippen LogP contribution in [0, 0.1) is 17.2 Å². The molecule has 1 aliphatic heterocycles. The predicted octanol–water partition coefficient (Wildman–Crippen LogP) is -0.161. The highest BCUT2D eigenvalue weighted by Gasteiger charge is 2.28. The molecule has 1 N–H and O–H groups in total. The molecule has 0 aromatic rings. The van der Waals surface area contributed by atoms with E-state index >= 15 is 0 Å². The van der Waals surface area contributed by atoms with Crippen molar-refractivity contribution in [3.8, 4) is 6.07 Å². The van der Waals surface area contributed by atoms with E-state index in [0.29, 0.717) is 6.42 Å². The Morgan fingerprint density at radius 2 is 2.33 bits per heavy atom. The van der Waals surface area contributed by atoms with Crippen LogP contribution in [-0.2, 0) is 14.6 Å². The summed E-state index contributed by atoms with van der Waals surface area (Å²) in [5.41, 5.74) is 0. The molecule has 1 fully saturated rings. The molecule has 1 saturated heterocycles. The molecular weight excluding hydrogens is 216 g/mol. The molecule has 5 nitrogen and oxygen atoms in total. The topological polar surface area (TPSA) is 87.0 Å². The Balaban J connectivity index is 2.38. The average molecular weight is 230 g/mol. The van der Waals surface area contributed by atoms with Crippen molar-refractivity contribution < 1.29 is 13.2 Å².